The molecule has 1 amide bonds. The van der Waals surface area contributed by atoms with Crippen LogP contribution in [0.25, 0.3) is 0 Å². The van der Waals surface area contributed by atoms with Crippen LogP contribution in [-0.4, -0.2) is 47.1 Å². The lowest BCUT2D eigenvalue weighted by Gasteiger charge is -2.24. The molecule has 0 aromatic rings. The smallest absolute Gasteiger partial charge is 0.232 e. The molecular weight excluding hydrogens is 210 g/mol. The fourth-order valence-electron chi connectivity index (χ4n) is 1.81. The number of hydrogen-bond acceptors (Lipinski definition) is 3. The summed E-state index contributed by atoms with van der Waals surface area (Å²) < 4.78 is 0. The second-order valence-corrected chi connectivity index (χ2v) is 5.03. The summed E-state index contributed by atoms with van der Waals surface area (Å²) >= 11 is 1.53. The number of hydrogen-bond donors (Lipinski definition) is 1. The van der Waals surface area contributed by atoms with Crippen molar-refractivity contribution in [2.75, 3.05) is 31.2 Å². The number of thioether (sulfide) groups is 1. The van der Waals surface area contributed by atoms with Gasteiger partial charge in [0.2, 0.25) is 5.91 Å². The van der Waals surface area contributed by atoms with Crippen molar-refractivity contribution in [3.05, 3.63) is 0 Å². The van der Waals surface area contributed by atoms with Crippen molar-refractivity contribution in [1.29, 1.82) is 0 Å². The molecular formula is C11H21NO2S. The predicted molar refractivity (Wildman–Crippen MR) is 64.1 cm³/mol. The Labute approximate surface area is 96.2 Å². The molecule has 0 atom stereocenters. The van der Waals surface area contributed by atoms with E-state index in [0.717, 1.165) is 25.9 Å². The molecule has 0 radical (unpaired) electrons. The Hall–Kier alpha value is -0.220. The first-order valence-electron chi connectivity index (χ1n) is 5.81. The van der Waals surface area contributed by atoms with Gasteiger partial charge in [0.15, 0.2) is 0 Å². The largest absolute Gasteiger partial charge is 0.396 e. The molecule has 0 aromatic heterocycles. The first-order chi connectivity index (χ1) is 7.34. The van der Waals surface area contributed by atoms with Crippen molar-refractivity contribution in [2.24, 2.45) is 0 Å². The first kappa shape index (κ1) is 12.8. The van der Waals surface area contributed by atoms with Gasteiger partial charge in [-0.05, 0) is 12.8 Å². The summed E-state index contributed by atoms with van der Waals surface area (Å²) in [6.07, 6.45) is 6.13. The zero-order valence-corrected chi connectivity index (χ0v) is 10.1. The van der Waals surface area contributed by atoms with Crippen LogP contribution in [0.4, 0.5) is 0 Å². The van der Waals surface area contributed by atoms with Crippen molar-refractivity contribution in [3.63, 3.8) is 0 Å². The molecule has 0 saturated carbocycles. The van der Waals surface area contributed by atoms with Crippen LogP contribution in [0, 0.1) is 0 Å². The van der Waals surface area contributed by atoms with Gasteiger partial charge in [-0.2, -0.15) is 0 Å². The van der Waals surface area contributed by atoms with E-state index in [2.05, 4.69) is 0 Å². The lowest BCUT2D eigenvalue weighted by molar-refractivity contribution is -0.128. The standard InChI is InChI=1S/C11H21NO2S/c13-8-9-15-10-11(14)12-6-4-2-1-3-5-7-12/h13H,1-10H2. The van der Waals surface area contributed by atoms with Crippen molar-refractivity contribution < 1.29 is 9.90 Å². The Morgan fingerprint density at radius 2 is 1.73 bits per heavy atom. The van der Waals surface area contributed by atoms with Crippen LogP contribution >= 0.6 is 11.8 Å². The van der Waals surface area contributed by atoms with Gasteiger partial charge in [0.05, 0.1) is 12.4 Å². The Kier molecular flexibility index (Phi) is 6.85. The molecule has 1 rings (SSSR count). The third-order valence-corrected chi connectivity index (χ3v) is 3.59. The van der Waals surface area contributed by atoms with E-state index in [0.29, 0.717) is 11.5 Å². The quantitative estimate of drug-likeness (QED) is 0.746. The van der Waals surface area contributed by atoms with Gasteiger partial charge < -0.3 is 10.0 Å². The van der Waals surface area contributed by atoms with Crippen LogP contribution < -0.4 is 0 Å². The minimum absolute atomic E-state index is 0.165. The molecule has 1 aliphatic heterocycles. The number of aliphatic hydroxyl groups excluding tert-OH is 1. The van der Waals surface area contributed by atoms with Crippen LogP contribution in [-0.2, 0) is 4.79 Å². The monoisotopic (exact) mass is 231 g/mol. The molecule has 4 heteroatoms. The maximum absolute atomic E-state index is 11.8. The molecule has 1 heterocycles. The first-order valence-corrected chi connectivity index (χ1v) is 6.96. The van der Waals surface area contributed by atoms with Gasteiger partial charge in [0, 0.05) is 18.8 Å². The molecule has 0 bridgehead atoms. The lowest BCUT2D eigenvalue weighted by Crippen LogP contribution is -2.35. The van der Waals surface area contributed by atoms with Crippen molar-refractivity contribution in [1.82, 2.24) is 4.90 Å². The zero-order chi connectivity index (χ0) is 10.9. The van der Waals surface area contributed by atoms with Crippen LogP contribution in [0.15, 0.2) is 0 Å². The van der Waals surface area contributed by atoms with E-state index in [1.54, 1.807) is 0 Å². The van der Waals surface area contributed by atoms with Gasteiger partial charge in [0.25, 0.3) is 0 Å². The highest BCUT2D eigenvalue weighted by molar-refractivity contribution is 7.99. The van der Waals surface area contributed by atoms with E-state index in [1.165, 1.54) is 31.0 Å². The summed E-state index contributed by atoms with van der Waals surface area (Å²) in [5.41, 5.74) is 0. The fourth-order valence-corrected chi connectivity index (χ4v) is 2.44. The van der Waals surface area contributed by atoms with Crippen LogP contribution in [0.3, 0.4) is 0 Å². The number of carbonyl (C=O) groups is 1. The number of nitrogens with zero attached hydrogens (tertiary/aromatic N) is 1. The van der Waals surface area contributed by atoms with Gasteiger partial charge >= 0.3 is 0 Å². The normalized spacial score (nSPS) is 18.3. The number of rotatable bonds is 4. The summed E-state index contributed by atoms with van der Waals surface area (Å²) in [4.78, 5) is 13.8. The highest BCUT2D eigenvalue weighted by Crippen LogP contribution is 2.12. The third-order valence-electron chi connectivity index (χ3n) is 2.67. The number of likely N-dealkylation sites (tertiary alicyclic amines) is 1. The van der Waals surface area contributed by atoms with Gasteiger partial charge in [-0.3, -0.25) is 4.79 Å². The Bertz CT molecular complexity index is 179. The summed E-state index contributed by atoms with van der Waals surface area (Å²) in [5.74, 6) is 1.44. The van der Waals surface area contributed by atoms with Crippen LogP contribution in [0.2, 0.25) is 0 Å². The van der Waals surface area contributed by atoms with Crippen molar-refractivity contribution in [2.45, 2.75) is 32.1 Å². The van der Waals surface area contributed by atoms with Gasteiger partial charge in [-0.25, -0.2) is 0 Å². The van der Waals surface area contributed by atoms with E-state index in [9.17, 15) is 4.79 Å². The SMILES string of the molecule is O=C(CSCCO)N1CCCCCCC1. The number of carbonyl (C=O) groups excluding carboxylic acids is 1. The van der Waals surface area contributed by atoms with E-state index in [1.807, 2.05) is 4.90 Å². The maximum Gasteiger partial charge on any atom is 0.232 e. The summed E-state index contributed by atoms with van der Waals surface area (Å²) in [6.45, 7) is 2.02. The molecule has 1 N–H and O–H groups in total. The lowest BCUT2D eigenvalue weighted by atomic mass is 10.1. The molecule has 1 aliphatic rings. The summed E-state index contributed by atoms with van der Waals surface area (Å²) in [7, 11) is 0. The van der Waals surface area contributed by atoms with Gasteiger partial charge in [-0.15, -0.1) is 11.8 Å². The minimum Gasteiger partial charge on any atom is -0.396 e. The maximum atomic E-state index is 11.8. The van der Waals surface area contributed by atoms with Crippen LogP contribution in [0.5, 0.6) is 0 Å². The van der Waals surface area contributed by atoms with E-state index >= 15 is 0 Å². The Balaban J connectivity index is 2.22. The van der Waals surface area contributed by atoms with Gasteiger partial charge in [-0.1, -0.05) is 19.3 Å². The summed E-state index contributed by atoms with van der Waals surface area (Å²) in [6, 6.07) is 0. The summed E-state index contributed by atoms with van der Waals surface area (Å²) in [5, 5.41) is 8.63. The minimum atomic E-state index is 0.165. The molecule has 1 fully saturated rings. The molecule has 3 nitrogen and oxygen atoms in total. The zero-order valence-electron chi connectivity index (χ0n) is 9.28. The predicted octanol–water partition coefficient (Wildman–Crippen LogP) is 1.50. The average molecular weight is 231 g/mol. The molecule has 0 aliphatic carbocycles. The third kappa shape index (κ3) is 5.42. The average Bonchev–Trinajstić information content (AvgIpc) is 2.17. The molecule has 0 aromatic carbocycles. The van der Waals surface area contributed by atoms with Gasteiger partial charge in [0.1, 0.15) is 0 Å². The molecule has 1 saturated heterocycles. The Morgan fingerprint density at radius 3 is 2.33 bits per heavy atom. The van der Waals surface area contributed by atoms with E-state index < -0.39 is 0 Å². The highest BCUT2D eigenvalue weighted by atomic mass is 32.2. The van der Waals surface area contributed by atoms with Crippen LogP contribution in [0.1, 0.15) is 32.1 Å². The second kappa shape index (κ2) is 7.99. The highest BCUT2D eigenvalue weighted by Gasteiger charge is 2.13. The topological polar surface area (TPSA) is 40.5 Å². The van der Waals surface area contributed by atoms with E-state index in [-0.39, 0.29) is 12.5 Å². The van der Waals surface area contributed by atoms with E-state index in [4.69, 9.17) is 5.11 Å². The van der Waals surface area contributed by atoms with Crippen molar-refractivity contribution >= 4 is 17.7 Å². The second-order valence-electron chi connectivity index (χ2n) is 3.92. The molecule has 15 heavy (non-hydrogen) atoms. The Morgan fingerprint density at radius 1 is 1.13 bits per heavy atom. The number of amides is 1. The molecule has 88 valence electrons. The fraction of sp³-hybridized carbons (Fsp3) is 0.909. The molecule has 0 spiro atoms. The molecule has 0 unspecified atom stereocenters. The van der Waals surface area contributed by atoms with Crippen molar-refractivity contribution in [3.8, 4) is 0 Å². The number of aliphatic hydroxyl groups is 1.